The molecule has 0 aliphatic carbocycles. The monoisotopic (exact) mass is 359 g/mol. The quantitative estimate of drug-likeness (QED) is 0.601. The average Bonchev–Trinajstić information content (AvgIpc) is 2.64. The minimum Gasteiger partial charge on any atom is -0.496 e. The molecule has 1 amide bonds. The molecule has 1 N–H and O–H groups in total. The summed E-state index contributed by atoms with van der Waals surface area (Å²) in [6, 6.07) is 12.9. The Morgan fingerprint density at radius 3 is 2.48 bits per heavy atom. The summed E-state index contributed by atoms with van der Waals surface area (Å²) < 4.78 is 5.17. The number of hydrogen-bond donors (Lipinski definition) is 1. The van der Waals surface area contributed by atoms with Gasteiger partial charge < -0.3 is 9.64 Å². The van der Waals surface area contributed by atoms with Crippen LogP contribution in [-0.2, 0) is 0 Å². The molecule has 0 aromatic heterocycles. The van der Waals surface area contributed by atoms with E-state index in [0.717, 1.165) is 24.3 Å². The molecule has 25 heavy (non-hydrogen) atoms. The van der Waals surface area contributed by atoms with Crippen LogP contribution in [0.1, 0.15) is 29.8 Å². The standard InChI is InChI=1S/C19H22ClN3O2/c1-4-23(5-2)16-9-6-14(7-10-16)13-21-22-19(24)17-12-15(20)8-11-18(17)25-3/h6-13H,4-5H2,1-3H3,(H,22,24). The Kier molecular flexibility index (Phi) is 6.83. The first-order valence-corrected chi connectivity index (χ1v) is 8.48. The fourth-order valence-electron chi connectivity index (χ4n) is 2.44. The first-order valence-electron chi connectivity index (χ1n) is 8.11. The lowest BCUT2D eigenvalue weighted by Crippen LogP contribution is -2.21. The van der Waals surface area contributed by atoms with Crippen LogP contribution in [0.4, 0.5) is 5.69 Å². The molecule has 0 radical (unpaired) electrons. The molecule has 5 nitrogen and oxygen atoms in total. The first kappa shape index (κ1) is 18.8. The van der Waals surface area contributed by atoms with Gasteiger partial charge in [0, 0.05) is 23.8 Å². The normalized spacial score (nSPS) is 10.7. The van der Waals surface area contributed by atoms with E-state index in [4.69, 9.17) is 16.3 Å². The van der Waals surface area contributed by atoms with E-state index in [1.54, 1.807) is 24.4 Å². The lowest BCUT2D eigenvalue weighted by atomic mass is 10.2. The van der Waals surface area contributed by atoms with E-state index in [1.807, 2.05) is 24.3 Å². The third-order valence-corrected chi connectivity index (χ3v) is 4.04. The van der Waals surface area contributed by atoms with Crippen LogP contribution >= 0.6 is 11.6 Å². The van der Waals surface area contributed by atoms with Crippen molar-refractivity contribution in [2.45, 2.75) is 13.8 Å². The Labute approximate surface area is 153 Å². The fourth-order valence-corrected chi connectivity index (χ4v) is 2.62. The van der Waals surface area contributed by atoms with Crippen molar-refractivity contribution in [1.29, 1.82) is 0 Å². The predicted octanol–water partition coefficient (Wildman–Crippen LogP) is 3.96. The van der Waals surface area contributed by atoms with E-state index < -0.39 is 0 Å². The van der Waals surface area contributed by atoms with Gasteiger partial charge in [-0.1, -0.05) is 23.7 Å². The highest BCUT2D eigenvalue weighted by Gasteiger charge is 2.12. The maximum atomic E-state index is 12.2. The SMILES string of the molecule is CCN(CC)c1ccc(C=NNC(=O)c2cc(Cl)ccc2OC)cc1. The molecule has 132 valence electrons. The minimum atomic E-state index is -0.379. The molecule has 0 atom stereocenters. The molecule has 2 aromatic carbocycles. The third-order valence-electron chi connectivity index (χ3n) is 3.81. The zero-order valence-electron chi connectivity index (χ0n) is 14.6. The summed E-state index contributed by atoms with van der Waals surface area (Å²) >= 11 is 5.93. The van der Waals surface area contributed by atoms with Crippen molar-refractivity contribution in [2.24, 2.45) is 5.10 Å². The third kappa shape index (κ3) is 4.97. The number of carbonyl (C=O) groups excluding carboxylic acids is 1. The molecule has 6 heteroatoms. The van der Waals surface area contributed by atoms with E-state index in [1.165, 1.54) is 7.11 Å². The number of ether oxygens (including phenoxy) is 1. The molecule has 2 aromatic rings. The summed E-state index contributed by atoms with van der Waals surface area (Å²) in [5, 5.41) is 4.46. The van der Waals surface area contributed by atoms with Crippen molar-refractivity contribution in [3.63, 3.8) is 0 Å². The zero-order chi connectivity index (χ0) is 18.2. The number of carbonyl (C=O) groups is 1. The van der Waals surface area contributed by atoms with Crippen LogP contribution in [-0.4, -0.2) is 32.3 Å². The van der Waals surface area contributed by atoms with Crippen molar-refractivity contribution in [3.05, 3.63) is 58.6 Å². The number of amides is 1. The van der Waals surface area contributed by atoms with Crippen LogP contribution in [0.5, 0.6) is 5.75 Å². The number of hydrogen-bond acceptors (Lipinski definition) is 4. The fraction of sp³-hybridized carbons (Fsp3) is 0.263. The van der Waals surface area contributed by atoms with Crippen LogP contribution in [0.3, 0.4) is 0 Å². The van der Waals surface area contributed by atoms with Gasteiger partial charge in [0.25, 0.3) is 5.91 Å². The molecular weight excluding hydrogens is 338 g/mol. The maximum Gasteiger partial charge on any atom is 0.275 e. The number of methoxy groups -OCH3 is 1. The predicted molar refractivity (Wildman–Crippen MR) is 103 cm³/mol. The van der Waals surface area contributed by atoms with E-state index >= 15 is 0 Å². The van der Waals surface area contributed by atoms with E-state index in [9.17, 15) is 4.79 Å². The lowest BCUT2D eigenvalue weighted by molar-refractivity contribution is 0.0952. The van der Waals surface area contributed by atoms with Crippen LogP contribution < -0.4 is 15.1 Å². The summed E-state index contributed by atoms with van der Waals surface area (Å²) in [6.45, 7) is 6.17. The topological polar surface area (TPSA) is 53.9 Å². The lowest BCUT2D eigenvalue weighted by Gasteiger charge is -2.20. The molecule has 0 aliphatic heterocycles. The summed E-state index contributed by atoms with van der Waals surface area (Å²) in [7, 11) is 1.50. The molecule has 0 heterocycles. The number of benzene rings is 2. The van der Waals surface area contributed by atoms with Crippen molar-refractivity contribution >= 4 is 29.4 Å². The number of nitrogens with one attached hydrogen (secondary N) is 1. The van der Waals surface area contributed by atoms with E-state index in [0.29, 0.717) is 16.3 Å². The zero-order valence-corrected chi connectivity index (χ0v) is 15.4. The highest BCUT2D eigenvalue weighted by molar-refractivity contribution is 6.31. The van der Waals surface area contributed by atoms with Gasteiger partial charge in [-0.2, -0.15) is 5.10 Å². The molecule has 0 unspecified atom stereocenters. The summed E-state index contributed by atoms with van der Waals surface area (Å²) in [4.78, 5) is 14.5. The second-order valence-corrected chi connectivity index (χ2v) is 5.74. The number of nitrogens with zero attached hydrogens (tertiary/aromatic N) is 2. The number of hydrazone groups is 1. The number of anilines is 1. The molecule has 0 spiro atoms. The molecule has 0 bridgehead atoms. The highest BCUT2D eigenvalue weighted by atomic mass is 35.5. The van der Waals surface area contributed by atoms with Crippen LogP contribution in [0.2, 0.25) is 5.02 Å². The van der Waals surface area contributed by atoms with Crippen molar-refractivity contribution in [3.8, 4) is 5.75 Å². The van der Waals surface area contributed by atoms with Gasteiger partial charge in [0.2, 0.25) is 0 Å². The van der Waals surface area contributed by atoms with Gasteiger partial charge in [-0.3, -0.25) is 4.79 Å². The van der Waals surface area contributed by atoms with Gasteiger partial charge in [0.15, 0.2) is 0 Å². The maximum absolute atomic E-state index is 12.2. The Balaban J connectivity index is 2.03. The molecule has 2 rings (SSSR count). The summed E-state index contributed by atoms with van der Waals surface area (Å²) in [5.74, 6) is 0.0658. The van der Waals surface area contributed by atoms with Crippen molar-refractivity contribution in [2.75, 3.05) is 25.1 Å². The molecule has 0 saturated carbocycles. The average molecular weight is 360 g/mol. The van der Waals surface area contributed by atoms with Crippen LogP contribution in [0.15, 0.2) is 47.6 Å². The van der Waals surface area contributed by atoms with Crippen molar-refractivity contribution in [1.82, 2.24) is 5.43 Å². The van der Waals surface area contributed by atoms with Gasteiger partial charge in [-0.25, -0.2) is 5.43 Å². The number of halogens is 1. The van der Waals surface area contributed by atoms with Gasteiger partial charge in [-0.15, -0.1) is 0 Å². The summed E-state index contributed by atoms with van der Waals surface area (Å²) in [6.07, 6.45) is 1.60. The first-order chi connectivity index (χ1) is 12.1. The van der Waals surface area contributed by atoms with Crippen molar-refractivity contribution < 1.29 is 9.53 Å². The highest BCUT2D eigenvalue weighted by Crippen LogP contribution is 2.22. The number of rotatable bonds is 7. The largest absolute Gasteiger partial charge is 0.496 e. The molecule has 0 aliphatic rings. The van der Waals surface area contributed by atoms with Gasteiger partial charge in [0.05, 0.1) is 18.9 Å². The summed E-state index contributed by atoms with van der Waals surface area (Å²) in [5.41, 5.74) is 4.89. The van der Waals surface area contributed by atoms with Gasteiger partial charge >= 0.3 is 0 Å². The Morgan fingerprint density at radius 1 is 1.20 bits per heavy atom. The molecule has 0 saturated heterocycles. The second-order valence-electron chi connectivity index (χ2n) is 5.31. The van der Waals surface area contributed by atoms with Crippen LogP contribution in [0.25, 0.3) is 0 Å². The van der Waals surface area contributed by atoms with Gasteiger partial charge in [0.1, 0.15) is 5.75 Å². The van der Waals surface area contributed by atoms with Crippen LogP contribution in [0, 0.1) is 0 Å². The van der Waals surface area contributed by atoms with Gasteiger partial charge in [-0.05, 0) is 49.7 Å². The second kappa shape index (κ2) is 9.08. The Hall–Kier alpha value is -2.53. The molecular formula is C19H22ClN3O2. The smallest absolute Gasteiger partial charge is 0.275 e. The Bertz CT molecular complexity index is 741. The molecule has 0 fully saturated rings. The Morgan fingerprint density at radius 2 is 1.88 bits per heavy atom. The van der Waals surface area contributed by atoms with E-state index in [-0.39, 0.29) is 5.91 Å². The van der Waals surface area contributed by atoms with E-state index in [2.05, 4.69) is 29.3 Å². The minimum absolute atomic E-state index is 0.337.